The van der Waals surface area contributed by atoms with Crippen molar-refractivity contribution in [2.45, 2.75) is 31.7 Å². The topological polar surface area (TPSA) is 97.7 Å². The third-order valence-corrected chi connectivity index (χ3v) is 6.76. The van der Waals surface area contributed by atoms with Crippen LogP contribution in [0.2, 0.25) is 0 Å². The fourth-order valence-corrected chi connectivity index (χ4v) is 4.69. The van der Waals surface area contributed by atoms with Gasteiger partial charge in [-0.1, -0.05) is 25.1 Å². The van der Waals surface area contributed by atoms with Crippen molar-refractivity contribution in [3.63, 3.8) is 0 Å². The maximum atomic E-state index is 12.8. The maximum absolute atomic E-state index is 12.8. The van der Waals surface area contributed by atoms with Gasteiger partial charge in [-0.15, -0.1) is 0 Å². The molecule has 0 unspecified atom stereocenters. The number of amides is 1. The molecule has 1 aromatic heterocycles. The zero-order chi connectivity index (χ0) is 21.0. The van der Waals surface area contributed by atoms with E-state index in [0.717, 1.165) is 27.8 Å². The van der Waals surface area contributed by atoms with Gasteiger partial charge >= 0.3 is 0 Å². The van der Waals surface area contributed by atoms with Crippen molar-refractivity contribution in [1.29, 1.82) is 0 Å². The minimum Gasteiger partial charge on any atom is -0.379 e. The van der Waals surface area contributed by atoms with Gasteiger partial charge in [0.2, 0.25) is 15.9 Å². The fraction of sp³-hybridized carbons (Fsp3) is 0.400. The number of hydrogen-bond donors (Lipinski definition) is 1. The molecule has 2 aromatic rings. The number of carbonyl (C=O) groups is 1. The standard InChI is InChI=1S/C20H25N3O5S/c1-3-16-6-4-5-15(2)20(16)21-18(24)14-22-13-17(7-8-19(22)25)29(26,27)23-9-11-28-12-10-23/h4-8,13H,3,9-12,14H2,1-2H3,(H,21,24). The molecule has 0 saturated carbocycles. The van der Waals surface area contributed by atoms with Crippen molar-refractivity contribution in [3.8, 4) is 0 Å². The van der Waals surface area contributed by atoms with Crippen LogP contribution in [-0.4, -0.2) is 49.5 Å². The van der Waals surface area contributed by atoms with Crippen molar-refractivity contribution >= 4 is 21.6 Å². The highest BCUT2D eigenvalue weighted by molar-refractivity contribution is 7.89. The predicted molar refractivity (Wildman–Crippen MR) is 109 cm³/mol. The lowest BCUT2D eigenvalue weighted by atomic mass is 10.1. The molecule has 0 aliphatic carbocycles. The lowest BCUT2D eigenvalue weighted by molar-refractivity contribution is -0.116. The van der Waals surface area contributed by atoms with Gasteiger partial charge in [-0.25, -0.2) is 8.42 Å². The van der Waals surface area contributed by atoms with Gasteiger partial charge in [0.25, 0.3) is 5.56 Å². The van der Waals surface area contributed by atoms with E-state index in [0.29, 0.717) is 13.2 Å². The molecule has 8 nitrogen and oxygen atoms in total. The molecule has 1 aliphatic rings. The van der Waals surface area contributed by atoms with E-state index in [9.17, 15) is 18.0 Å². The number of hydrogen-bond acceptors (Lipinski definition) is 5. The summed E-state index contributed by atoms with van der Waals surface area (Å²) in [5.74, 6) is -0.392. The number of nitrogens with zero attached hydrogens (tertiary/aromatic N) is 2. The van der Waals surface area contributed by atoms with E-state index in [1.807, 2.05) is 32.0 Å². The van der Waals surface area contributed by atoms with E-state index in [1.165, 1.54) is 22.6 Å². The van der Waals surface area contributed by atoms with E-state index in [1.54, 1.807) is 0 Å². The number of carbonyl (C=O) groups excluding carboxylic acids is 1. The first-order chi connectivity index (χ1) is 13.8. The van der Waals surface area contributed by atoms with Crippen LogP contribution in [0, 0.1) is 6.92 Å². The molecule has 1 N–H and O–H groups in total. The zero-order valence-electron chi connectivity index (χ0n) is 16.6. The minimum absolute atomic E-state index is 0.0167. The Morgan fingerprint density at radius 1 is 1.17 bits per heavy atom. The second-order valence-corrected chi connectivity index (χ2v) is 8.80. The summed E-state index contributed by atoms with van der Waals surface area (Å²) in [4.78, 5) is 24.8. The fourth-order valence-electron chi connectivity index (χ4n) is 3.26. The van der Waals surface area contributed by atoms with Crippen LogP contribution >= 0.6 is 0 Å². The lowest BCUT2D eigenvalue weighted by Gasteiger charge is -2.26. The van der Waals surface area contributed by atoms with Crippen LogP contribution in [0.1, 0.15) is 18.1 Å². The molecule has 1 fully saturated rings. The average Bonchev–Trinajstić information content (AvgIpc) is 2.71. The predicted octanol–water partition coefficient (Wildman–Crippen LogP) is 1.38. The first kappa shape index (κ1) is 21.2. The molecule has 0 spiro atoms. The summed E-state index contributed by atoms with van der Waals surface area (Å²) in [5.41, 5.74) is 2.20. The molecular weight excluding hydrogens is 394 g/mol. The first-order valence-electron chi connectivity index (χ1n) is 9.49. The highest BCUT2D eigenvalue weighted by atomic mass is 32.2. The van der Waals surface area contributed by atoms with Crippen molar-refractivity contribution < 1.29 is 17.9 Å². The number of nitrogens with one attached hydrogen (secondary N) is 1. The van der Waals surface area contributed by atoms with Gasteiger partial charge in [0.05, 0.1) is 18.1 Å². The van der Waals surface area contributed by atoms with Crippen molar-refractivity contribution in [1.82, 2.24) is 8.87 Å². The van der Waals surface area contributed by atoms with Gasteiger partial charge in [0, 0.05) is 31.0 Å². The molecule has 1 aliphatic heterocycles. The van der Waals surface area contributed by atoms with Crippen LogP contribution in [0.25, 0.3) is 0 Å². The summed E-state index contributed by atoms with van der Waals surface area (Å²) < 4.78 is 33.3. The number of rotatable bonds is 6. The van der Waals surface area contributed by atoms with Crippen LogP contribution in [0.4, 0.5) is 5.69 Å². The number of morpholine rings is 1. The monoisotopic (exact) mass is 419 g/mol. The molecular formula is C20H25N3O5S. The third-order valence-electron chi connectivity index (χ3n) is 4.88. The molecule has 0 bridgehead atoms. The average molecular weight is 420 g/mol. The van der Waals surface area contributed by atoms with Crippen LogP contribution in [-0.2, 0) is 32.5 Å². The number of sulfonamides is 1. The van der Waals surface area contributed by atoms with Crippen molar-refractivity contribution in [2.24, 2.45) is 0 Å². The molecule has 0 radical (unpaired) electrons. The maximum Gasteiger partial charge on any atom is 0.251 e. The van der Waals surface area contributed by atoms with E-state index < -0.39 is 21.5 Å². The van der Waals surface area contributed by atoms with Gasteiger partial charge in [-0.05, 0) is 30.5 Å². The number of aromatic nitrogens is 1. The molecule has 3 rings (SSSR count). The Bertz CT molecular complexity index is 1060. The second-order valence-electron chi connectivity index (χ2n) is 6.86. The summed E-state index contributed by atoms with van der Waals surface area (Å²) >= 11 is 0. The van der Waals surface area contributed by atoms with Gasteiger partial charge < -0.3 is 14.6 Å². The molecule has 29 heavy (non-hydrogen) atoms. The van der Waals surface area contributed by atoms with Crippen LogP contribution in [0.3, 0.4) is 0 Å². The smallest absolute Gasteiger partial charge is 0.251 e. The highest BCUT2D eigenvalue weighted by Crippen LogP contribution is 2.21. The number of benzene rings is 1. The quantitative estimate of drug-likeness (QED) is 0.763. The molecule has 156 valence electrons. The van der Waals surface area contributed by atoms with E-state index in [4.69, 9.17) is 4.74 Å². The lowest BCUT2D eigenvalue weighted by Crippen LogP contribution is -2.41. The van der Waals surface area contributed by atoms with Crippen LogP contribution < -0.4 is 10.9 Å². The van der Waals surface area contributed by atoms with Gasteiger partial charge in [0.1, 0.15) is 6.54 Å². The Balaban J connectivity index is 1.82. The molecule has 1 saturated heterocycles. The highest BCUT2D eigenvalue weighted by Gasteiger charge is 2.27. The Kier molecular flexibility index (Phi) is 6.51. The number of anilines is 1. The molecule has 2 heterocycles. The Labute approximate surface area is 170 Å². The van der Waals surface area contributed by atoms with Crippen LogP contribution in [0.15, 0.2) is 46.2 Å². The molecule has 1 amide bonds. The zero-order valence-corrected chi connectivity index (χ0v) is 17.4. The molecule has 0 atom stereocenters. The van der Waals surface area contributed by atoms with E-state index in [2.05, 4.69) is 5.32 Å². The number of pyridine rings is 1. The number of aryl methyl sites for hydroxylation is 2. The number of para-hydroxylation sites is 1. The van der Waals surface area contributed by atoms with Gasteiger partial charge in [-0.3, -0.25) is 9.59 Å². The first-order valence-corrected chi connectivity index (χ1v) is 10.9. The molecule has 1 aromatic carbocycles. The van der Waals surface area contributed by atoms with Crippen molar-refractivity contribution in [2.75, 3.05) is 31.6 Å². The normalized spacial score (nSPS) is 15.2. The Hall–Kier alpha value is -2.49. The summed E-state index contributed by atoms with van der Waals surface area (Å²) in [5, 5.41) is 2.85. The SMILES string of the molecule is CCc1cccc(C)c1NC(=O)Cn1cc(S(=O)(=O)N2CCOCC2)ccc1=O. The van der Waals surface area contributed by atoms with E-state index in [-0.39, 0.29) is 24.5 Å². The summed E-state index contributed by atoms with van der Waals surface area (Å²) in [6.07, 6.45) is 1.98. The number of ether oxygens (including phenoxy) is 1. The summed E-state index contributed by atoms with van der Waals surface area (Å²) in [6.45, 7) is 4.80. The second kappa shape index (κ2) is 8.89. The summed E-state index contributed by atoms with van der Waals surface area (Å²) in [7, 11) is -3.75. The minimum atomic E-state index is -3.75. The third kappa shape index (κ3) is 4.75. The van der Waals surface area contributed by atoms with Gasteiger partial charge in [0.15, 0.2) is 0 Å². The van der Waals surface area contributed by atoms with Crippen molar-refractivity contribution in [3.05, 3.63) is 58.0 Å². The Morgan fingerprint density at radius 3 is 2.59 bits per heavy atom. The Morgan fingerprint density at radius 2 is 1.90 bits per heavy atom. The van der Waals surface area contributed by atoms with E-state index >= 15 is 0 Å². The molecule has 9 heteroatoms. The van der Waals surface area contributed by atoms with Crippen LogP contribution in [0.5, 0.6) is 0 Å². The summed E-state index contributed by atoms with van der Waals surface area (Å²) in [6, 6.07) is 8.21. The van der Waals surface area contributed by atoms with Gasteiger partial charge in [-0.2, -0.15) is 4.31 Å². The largest absolute Gasteiger partial charge is 0.379 e.